The fraction of sp³-hybridized carbons (Fsp3) is 0.357. The summed E-state index contributed by atoms with van der Waals surface area (Å²) in [5.41, 5.74) is 0.643. The first-order valence-electron chi connectivity index (χ1n) is 6.57. The maximum atomic E-state index is 12.3. The lowest BCUT2D eigenvalue weighted by Gasteiger charge is -2.45. The Hall–Kier alpha value is -1.33. The third-order valence-corrected chi connectivity index (χ3v) is 4.67. The standard InChI is InChI=1S/C14H15ClN2O2S/c15-14-9(4-3-5-10(14)20)17-11-6-1-2-7-16(11)12(18)8-13(17)19/h3-5,8,11,18,20H,1-2,6-7H2. The highest BCUT2D eigenvalue weighted by Gasteiger charge is 2.37. The van der Waals surface area contributed by atoms with Crippen LogP contribution in [0, 0.1) is 0 Å². The number of nitrogens with zero attached hydrogens (tertiary/aromatic N) is 2. The molecule has 1 fully saturated rings. The minimum Gasteiger partial charge on any atom is -0.494 e. The first-order valence-corrected chi connectivity index (χ1v) is 7.40. The molecule has 0 spiro atoms. The van der Waals surface area contributed by atoms with Crippen LogP contribution in [0.1, 0.15) is 19.3 Å². The summed E-state index contributed by atoms with van der Waals surface area (Å²) in [7, 11) is 0. The molecule has 3 rings (SSSR count). The Morgan fingerprint density at radius 2 is 2.15 bits per heavy atom. The molecule has 1 N–H and O–H groups in total. The van der Waals surface area contributed by atoms with Crippen LogP contribution in [0.25, 0.3) is 0 Å². The first kappa shape index (κ1) is 13.6. The van der Waals surface area contributed by atoms with Crippen LogP contribution in [0.15, 0.2) is 35.1 Å². The zero-order valence-electron chi connectivity index (χ0n) is 10.8. The predicted octanol–water partition coefficient (Wildman–Crippen LogP) is 3.19. The third kappa shape index (κ3) is 2.15. The summed E-state index contributed by atoms with van der Waals surface area (Å²) >= 11 is 10.6. The number of benzene rings is 1. The number of carbonyl (C=O) groups is 1. The molecule has 0 saturated carbocycles. The van der Waals surface area contributed by atoms with E-state index in [0.29, 0.717) is 15.6 Å². The fourth-order valence-electron chi connectivity index (χ4n) is 2.83. The van der Waals surface area contributed by atoms with Crippen molar-refractivity contribution in [2.75, 3.05) is 11.4 Å². The number of piperidine rings is 1. The van der Waals surface area contributed by atoms with Crippen molar-refractivity contribution < 1.29 is 9.90 Å². The molecular weight excluding hydrogens is 296 g/mol. The van der Waals surface area contributed by atoms with Crippen molar-refractivity contribution in [2.45, 2.75) is 30.3 Å². The zero-order valence-corrected chi connectivity index (χ0v) is 12.4. The second kappa shape index (κ2) is 5.22. The summed E-state index contributed by atoms with van der Waals surface area (Å²) in [5, 5.41) is 10.4. The molecule has 2 heterocycles. The van der Waals surface area contributed by atoms with Crippen LogP contribution in [0.5, 0.6) is 0 Å². The summed E-state index contributed by atoms with van der Waals surface area (Å²) in [4.78, 5) is 16.4. The monoisotopic (exact) mass is 310 g/mol. The lowest BCUT2D eigenvalue weighted by atomic mass is 10.0. The fourth-order valence-corrected chi connectivity index (χ4v) is 3.25. The van der Waals surface area contributed by atoms with Gasteiger partial charge in [0, 0.05) is 11.4 Å². The number of thiol groups is 1. The van der Waals surface area contributed by atoms with Crippen LogP contribution in [-0.4, -0.2) is 28.6 Å². The van der Waals surface area contributed by atoms with Crippen molar-refractivity contribution in [1.82, 2.24) is 4.90 Å². The van der Waals surface area contributed by atoms with E-state index >= 15 is 0 Å². The number of rotatable bonds is 1. The van der Waals surface area contributed by atoms with E-state index in [4.69, 9.17) is 11.6 Å². The molecule has 2 aliphatic heterocycles. The maximum Gasteiger partial charge on any atom is 0.258 e. The number of halogens is 1. The number of carbonyl (C=O) groups excluding carboxylic acids is 1. The van der Waals surface area contributed by atoms with Crippen molar-refractivity contribution in [3.63, 3.8) is 0 Å². The molecule has 0 aromatic heterocycles. The van der Waals surface area contributed by atoms with E-state index in [9.17, 15) is 9.90 Å². The molecule has 1 aromatic rings. The molecule has 1 aromatic carbocycles. The number of fused-ring (bicyclic) bond motifs is 1. The van der Waals surface area contributed by atoms with Gasteiger partial charge in [0.2, 0.25) is 0 Å². The van der Waals surface area contributed by atoms with Gasteiger partial charge in [0.25, 0.3) is 5.91 Å². The van der Waals surface area contributed by atoms with Crippen molar-refractivity contribution in [3.8, 4) is 0 Å². The van der Waals surface area contributed by atoms with Crippen LogP contribution in [0.2, 0.25) is 5.02 Å². The van der Waals surface area contributed by atoms with E-state index in [2.05, 4.69) is 12.6 Å². The van der Waals surface area contributed by atoms with Crippen LogP contribution >= 0.6 is 24.2 Å². The van der Waals surface area contributed by atoms with Crippen LogP contribution < -0.4 is 4.90 Å². The number of hydrogen-bond donors (Lipinski definition) is 2. The summed E-state index contributed by atoms with van der Waals surface area (Å²) in [6, 6.07) is 5.42. The quantitative estimate of drug-likeness (QED) is 0.783. The lowest BCUT2D eigenvalue weighted by Crippen LogP contribution is -2.55. The van der Waals surface area contributed by atoms with Crippen LogP contribution in [0.4, 0.5) is 5.69 Å². The smallest absolute Gasteiger partial charge is 0.258 e. The molecular formula is C14H15ClN2O2S. The normalized spacial score (nSPS) is 22.6. The zero-order chi connectivity index (χ0) is 14.3. The molecule has 1 amide bonds. The van der Waals surface area contributed by atoms with Gasteiger partial charge in [-0.2, -0.15) is 0 Å². The molecule has 106 valence electrons. The Morgan fingerprint density at radius 3 is 2.95 bits per heavy atom. The van der Waals surface area contributed by atoms with Crippen molar-refractivity contribution >= 4 is 35.8 Å². The average molecular weight is 311 g/mol. The highest BCUT2D eigenvalue weighted by atomic mass is 35.5. The summed E-state index contributed by atoms with van der Waals surface area (Å²) in [6.45, 7) is 0.745. The van der Waals surface area contributed by atoms with Crippen molar-refractivity contribution in [3.05, 3.63) is 35.2 Å². The minimum atomic E-state index is -0.244. The van der Waals surface area contributed by atoms with E-state index in [1.165, 1.54) is 6.08 Å². The Bertz CT molecular complexity index is 591. The second-order valence-corrected chi connectivity index (χ2v) is 5.85. The Labute approximate surface area is 128 Å². The average Bonchev–Trinajstić information content (AvgIpc) is 2.43. The van der Waals surface area contributed by atoms with Gasteiger partial charge in [-0.05, 0) is 31.4 Å². The topological polar surface area (TPSA) is 43.8 Å². The molecule has 0 bridgehead atoms. The molecule has 6 heteroatoms. The Kier molecular flexibility index (Phi) is 3.56. The van der Waals surface area contributed by atoms with Gasteiger partial charge in [0.05, 0.1) is 16.8 Å². The number of amides is 1. The number of aliphatic hydroxyl groups excluding tert-OH is 1. The lowest BCUT2D eigenvalue weighted by molar-refractivity contribution is -0.117. The van der Waals surface area contributed by atoms with Gasteiger partial charge in [0.1, 0.15) is 6.17 Å². The van der Waals surface area contributed by atoms with Gasteiger partial charge in [-0.1, -0.05) is 17.7 Å². The number of hydrogen-bond acceptors (Lipinski definition) is 4. The van der Waals surface area contributed by atoms with Crippen LogP contribution in [-0.2, 0) is 4.79 Å². The second-order valence-electron chi connectivity index (χ2n) is 4.99. The van der Waals surface area contributed by atoms with E-state index in [1.807, 2.05) is 17.0 Å². The third-order valence-electron chi connectivity index (χ3n) is 3.77. The molecule has 20 heavy (non-hydrogen) atoms. The van der Waals surface area contributed by atoms with E-state index in [1.54, 1.807) is 11.0 Å². The molecule has 1 unspecified atom stereocenters. The van der Waals surface area contributed by atoms with Gasteiger partial charge >= 0.3 is 0 Å². The molecule has 0 aliphatic carbocycles. The first-order chi connectivity index (χ1) is 9.59. The SMILES string of the molecule is O=C1C=C(O)N2CCCCC2N1c1cccc(S)c1Cl. The Morgan fingerprint density at radius 1 is 1.35 bits per heavy atom. The van der Waals surface area contributed by atoms with E-state index in [-0.39, 0.29) is 18.0 Å². The molecule has 1 atom stereocenters. The summed E-state index contributed by atoms with van der Waals surface area (Å²) in [6.07, 6.45) is 3.93. The number of anilines is 1. The van der Waals surface area contributed by atoms with E-state index < -0.39 is 0 Å². The predicted molar refractivity (Wildman–Crippen MR) is 81.2 cm³/mol. The number of aliphatic hydroxyl groups is 1. The van der Waals surface area contributed by atoms with Crippen LogP contribution in [0.3, 0.4) is 0 Å². The summed E-state index contributed by atoms with van der Waals surface area (Å²) < 4.78 is 0. The molecule has 1 saturated heterocycles. The molecule has 4 nitrogen and oxygen atoms in total. The van der Waals surface area contributed by atoms with E-state index in [0.717, 1.165) is 25.8 Å². The van der Waals surface area contributed by atoms with Gasteiger partial charge in [0.15, 0.2) is 5.88 Å². The Balaban J connectivity index is 2.07. The minimum absolute atomic E-state index is 0.0501. The summed E-state index contributed by atoms with van der Waals surface area (Å²) in [5.74, 6) is -0.194. The molecule has 0 radical (unpaired) electrons. The molecule has 2 aliphatic rings. The van der Waals surface area contributed by atoms with Gasteiger partial charge < -0.3 is 10.0 Å². The van der Waals surface area contributed by atoms with Crippen molar-refractivity contribution in [2.24, 2.45) is 0 Å². The maximum absolute atomic E-state index is 12.3. The highest BCUT2D eigenvalue weighted by Crippen LogP contribution is 2.37. The van der Waals surface area contributed by atoms with Crippen molar-refractivity contribution in [1.29, 1.82) is 0 Å². The largest absolute Gasteiger partial charge is 0.494 e. The van der Waals surface area contributed by atoms with Gasteiger partial charge in [-0.25, -0.2) is 0 Å². The van der Waals surface area contributed by atoms with Gasteiger partial charge in [-0.15, -0.1) is 12.6 Å². The highest BCUT2D eigenvalue weighted by molar-refractivity contribution is 7.80. The van der Waals surface area contributed by atoms with Gasteiger partial charge in [-0.3, -0.25) is 9.69 Å².